The van der Waals surface area contributed by atoms with E-state index in [1.165, 1.54) is 25.7 Å². The molecule has 0 saturated heterocycles. The van der Waals surface area contributed by atoms with Crippen LogP contribution in [0.1, 0.15) is 45.4 Å². The molecule has 0 heterocycles. The minimum atomic E-state index is -0.196. The first-order valence-corrected chi connectivity index (χ1v) is 6.24. The third kappa shape index (κ3) is 1.89. The van der Waals surface area contributed by atoms with Gasteiger partial charge in [-0.25, -0.2) is 0 Å². The van der Waals surface area contributed by atoms with Crippen LogP contribution in [0.15, 0.2) is 0 Å². The van der Waals surface area contributed by atoms with Gasteiger partial charge >= 0.3 is 0 Å². The van der Waals surface area contributed by atoms with Crippen molar-refractivity contribution in [3.8, 4) is 0 Å². The van der Waals surface area contributed by atoms with Crippen LogP contribution in [0.3, 0.4) is 0 Å². The lowest BCUT2D eigenvalue weighted by molar-refractivity contribution is -0.141. The third-order valence-electron chi connectivity index (χ3n) is 3.99. The Hall–Kier alpha value is -0.570. The predicted molar refractivity (Wildman–Crippen MR) is 60.4 cm³/mol. The summed E-state index contributed by atoms with van der Waals surface area (Å²) in [5, 5.41) is 0. The van der Waals surface area contributed by atoms with Crippen LogP contribution in [0.5, 0.6) is 0 Å². The van der Waals surface area contributed by atoms with Crippen LogP contribution >= 0.6 is 0 Å². The van der Waals surface area contributed by atoms with Gasteiger partial charge in [-0.2, -0.15) is 0 Å². The second-order valence-corrected chi connectivity index (χ2v) is 5.01. The molecule has 0 unspecified atom stereocenters. The molecule has 0 bridgehead atoms. The summed E-state index contributed by atoms with van der Waals surface area (Å²) in [7, 11) is 0. The normalized spacial score (nSPS) is 24.1. The smallest absolute Gasteiger partial charge is 0.230 e. The average molecular weight is 210 g/mol. The van der Waals surface area contributed by atoms with E-state index in [-0.39, 0.29) is 5.41 Å². The number of carbonyl (C=O) groups excluding carboxylic acids is 1. The van der Waals surface area contributed by atoms with Crippen LogP contribution in [0.4, 0.5) is 0 Å². The van der Waals surface area contributed by atoms with E-state index in [2.05, 4.69) is 11.8 Å². The number of rotatable bonds is 4. The molecule has 1 amide bonds. The standard InChI is InChI=1S/C12H22N2O/c1-2-14(10-5-6-10)11(15)12(9-13)7-3-4-8-12/h10H,2-9,13H2,1H3. The van der Waals surface area contributed by atoms with Gasteiger partial charge in [-0.05, 0) is 32.6 Å². The van der Waals surface area contributed by atoms with Crippen LogP contribution in [0.2, 0.25) is 0 Å². The molecule has 15 heavy (non-hydrogen) atoms. The molecule has 0 radical (unpaired) electrons. The molecule has 2 aliphatic carbocycles. The third-order valence-corrected chi connectivity index (χ3v) is 3.99. The summed E-state index contributed by atoms with van der Waals surface area (Å²) < 4.78 is 0. The van der Waals surface area contributed by atoms with E-state index < -0.39 is 0 Å². The summed E-state index contributed by atoms with van der Waals surface area (Å²) in [5.41, 5.74) is 5.64. The monoisotopic (exact) mass is 210 g/mol. The second kappa shape index (κ2) is 4.12. The topological polar surface area (TPSA) is 46.3 Å². The van der Waals surface area contributed by atoms with E-state index in [9.17, 15) is 4.79 Å². The van der Waals surface area contributed by atoms with Gasteiger partial charge in [0.15, 0.2) is 0 Å². The number of nitrogens with two attached hydrogens (primary N) is 1. The summed E-state index contributed by atoms with van der Waals surface area (Å²) in [6, 6.07) is 0.534. The number of nitrogens with zero attached hydrogens (tertiary/aromatic N) is 1. The first kappa shape index (κ1) is 10.9. The van der Waals surface area contributed by atoms with Crippen molar-refractivity contribution in [3.63, 3.8) is 0 Å². The van der Waals surface area contributed by atoms with Gasteiger partial charge in [0.1, 0.15) is 0 Å². The molecular weight excluding hydrogens is 188 g/mol. The van der Waals surface area contributed by atoms with Crippen molar-refractivity contribution >= 4 is 5.91 Å². The summed E-state index contributed by atoms with van der Waals surface area (Å²) >= 11 is 0. The van der Waals surface area contributed by atoms with Gasteiger partial charge in [0, 0.05) is 19.1 Å². The Morgan fingerprint density at radius 3 is 2.40 bits per heavy atom. The molecule has 0 aliphatic heterocycles. The Labute approximate surface area is 92.0 Å². The number of carbonyl (C=O) groups is 1. The Morgan fingerprint density at radius 2 is 2.00 bits per heavy atom. The maximum atomic E-state index is 12.5. The lowest BCUT2D eigenvalue weighted by Crippen LogP contribution is -2.47. The quantitative estimate of drug-likeness (QED) is 0.764. The van der Waals surface area contributed by atoms with E-state index in [0.717, 1.165) is 19.4 Å². The maximum Gasteiger partial charge on any atom is 0.230 e. The van der Waals surface area contributed by atoms with E-state index >= 15 is 0 Å². The second-order valence-electron chi connectivity index (χ2n) is 5.01. The highest BCUT2D eigenvalue weighted by molar-refractivity contribution is 5.84. The number of hydrogen-bond acceptors (Lipinski definition) is 2. The average Bonchev–Trinajstić information content (AvgIpc) is 2.97. The molecule has 0 aromatic rings. The number of hydrogen-bond donors (Lipinski definition) is 1. The molecule has 0 spiro atoms. The highest BCUT2D eigenvalue weighted by atomic mass is 16.2. The van der Waals surface area contributed by atoms with Crippen molar-refractivity contribution < 1.29 is 4.79 Å². The Balaban J connectivity index is 2.09. The van der Waals surface area contributed by atoms with Crippen LogP contribution in [-0.4, -0.2) is 29.9 Å². The molecule has 0 aromatic heterocycles. The lowest BCUT2D eigenvalue weighted by Gasteiger charge is -2.33. The molecule has 2 rings (SSSR count). The van der Waals surface area contributed by atoms with E-state index in [4.69, 9.17) is 5.73 Å². The molecule has 3 heteroatoms. The number of amides is 1. The van der Waals surface area contributed by atoms with Gasteiger partial charge < -0.3 is 10.6 Å². The molecule has 86 valence electrons. The van der Waals surface area contributed by atoms with Gasteiger partial charge in [0.2, 0.25) is 5.91 Å². The van der Waals surface area contributed by atoms with E-state index in [1.807, 2.05) is 0 Å². The lowest BCUT2D eigenvalue weighted by atomic mass is 9.84. The zero-order chi connectivity index (χ0) is 10.9. The van der Waals surface area contributed by atoms with Crippen LogP contribution in [0.25, 0.3) is 0 Å². The minimum Gasteiger partial charge on any atom is -0.339 e. The van der Waals surface area contributed by atoms with Crippen LogP contribution in [-0.2, 0) is 4.79 Å². The first-order chi connectivity index (χ1) is 7.23. The zero-order valence-corrected chi connectivity index (χ0v) is 9.67. The maximum absolute atomic E-state index is 12.5. The van der Waals surface area contributed by atoms with Crippen LogP contribution in [0, 0.1) is 5.41 Å². The summed E-state index contributed by atoms with van der Waals surface area (Å²) in [4.78, 5) is 14.5. The molecule has 0 atom stereocenters. The molecule has 2 aliphatic rings. The molecule has 3 nitrogen and oxygen atoms in total. The fraction of sp³-hybridized carbons (Fsp3) is 0.917. The van der Waals surface area contributed by atoms with Crippen LogP contribution < -0.4 is 5.73 Å². The van der Waals surface area contributed by atoms with Gasteiger partial charge in [0.25, 0.3) is 0 Å². The summed E-state index contributed by atoms with van der Waals surface area (Å²) in [6.07, 6.45) is 6.74. The van der Waals surface area contributed by atoms with Crippen molar-refractivity contribution in [2.75, 3.05) is 13.1 Å². The van der Waals surface area contributed by atoms with Gasteiger partial charge in [-0.1, -0.05) is 12.8 Å². The van der Waals surface area contributed by atoms with Crippen molar-refractivity contribution in [1.82, 2.24) is 4.90 Å². The molecule has 2 N–H and O–H groups in total. The van der Waals surface area contributed by atoms with Gasteiger partial charge in [-0.15, -0.1) is 0 Å². The van der Waals surface area contributed by atoms with Crippen molar-refractivity contribution in [3.05, 3.63) is 0 Å². The summed E-state index contributed by atoms with van der Waals surface area (Å²) in [6.45, 7) is 3.47. The van der Waals surface area contributed by atoms with E-state index in [0.29, 0.717) is 18.5 Å². The molecular formula is C12H22N2O. The molecule has 2 saturated carbocycles. The van der Waals surface area contributed by atoms with Crippen molar-refractivity contribution in [1.29, 1.82) is 0 Å². The largest absolute Gasteiger partial charge is 0.339 e. The molecule has 2 fully saturated rings. The minimum absolute atomic E-state index is 0.196. The Bertz CT molecular complexity index is 242. The summed E-state index contributed by atoms with van der Waals surface area (Å²) in [5.74, 6) is 0.340. The van der Waals surface area contributed by atoms with E-state index in [1.54, 1.807) is 0 Å². The highest BCUT2D eigenvalue weighted by Gasteiger charge is 2.45. The fourth-order valence-electron chi connectivity index (χ4n) is 2.82. The molecule has 0 aromatic carbocycles. The Kier molecular flexibility index (Phi) is 3.01. The fourth-order valence-corrected chi connectivity index (χ4v) is 2.82. The SMILES string of the molecule is CCN(C(=O)C1(CN)CCCC1)C1CC1. The van der Waals surface area contributed by atoms with Gasteiger partial charge in [0.05, 0.1) is 5.41 Å². The highest BCUT2D eigenvalue weighted by Crippen LogP contribution is 2.41. The van der Waals surface area contributed by atoms with Crippen molar-refractivity contribution in [2.45, 2.75) is 51.5 Å². The zero-order valence-electron chi connectivity index (χ0n) is 9.67. The van der Waals surface area contributed by atoms with Gasteiger partial charge in [-0.3, -0.25) is 4.79 Å². The van der Waals surface area contributed by atoms with Crippen molar-refractivity contribution in [2.24, 2.45) is 11.1 Å². The predicted octanol–water partition coefficient (Wildman–Crippen LogP) is 1.52. The Morgan fingerprint density at radius 1 is 1.40 bits per heavy atom. The first-order valence-electron chi connectivity index (χ1n) is 6.24.